The van der Waals surface area contributed by atoms with Gasteiger partial charge in [0.1, 0.15) is 5.78 Å². The Morgan fingerprint density at radius 2 is 1.71 bits per heavy atom. The van der Waals surface area contributed by atoms with Crippen LogP contribution in [0, 0.1) is 5.92 Å². The molecule has 0 amide bonds. The van der Waals surface area contributed by atoms with Crippen molar-refractivity contribution in [2.75, 3.05) is 0 Å². The van der Waals surface area contributed by atoms with Crippen molar-refractivity contribution in [2.24, 2.45) is 5.92 Å². The molecular formula is C26H26O2. The van der Waals surface area contributed by atoms with E-state index in [0.717, 1.165) is 18.4 Å². The lowest BCUT2D eigenvalue weighted by Crippen LogP contribution is -2.07. The molecule has 2 nitrogen and oxygen atoms in total. The van der Waals surface area contributed by atoms with Crippen LogP contribution in [0.25, 0.3) is 5.57 Å². The van der Waals surface area contributed by atoms with Gasteiger partial charge in [0.15, 0.2) is 5.78 Å². The third kappa shape index (κ3) is 4.83. The SMILES string of the molecule is C=CCC1C(CCC(=O)Cc2ccc(C(C)=O)cc2)=CC=C1c1ccccc1. The van der Waals surface area contributed by atoms with Crippen molar-refractivity contribution in [3.05, 3.63) is 102 Å². The van der Waals surface area contributed by atoms with Crippen molar-refractivity contribution >= 4 is 17.1 Å². The lowest BCUT2D eigenvalue weighted by atomic mass is 9.86. The number of allylic oxidation sites excluding steroid dienone is 5. The number of carbonyl (C=O) groups is 2. The third-order valence-electron chi connectivity index (χ3n) is 5.26. The maximum absolute atomic E-state index is 12.5. The number of benzene rings is 2. The van der Waals surface area contributed by atoms with Gasteiger partial charge in [-0.05, 0) is 36.5 Å². The van der Waals surface area contributed by atoms with Crippen molar-refractivity contribution < 1.29 is 9.59 Å². The molecule has 0 bridgehead atoms. The Morgan fingerprint density at radius 3 is 2.36 bits per heavy atom. The highest BCUT2D eigenvalue weighted by molar-refractivity contribution is 5.94. The Bertz CT molecular complexity index is 915. The zero-order valence-corrected chi connectivity index (χ0v) is 16.4. The van der Waals surface area contributed by atoms with E-state index in [1.165, 1.54) is 16.7 Å². The number of Topliss-reactive ketones (excluding diaryl/α,β-unsaturated/α-hetero) is 2. The molecule has 2 aromatic rings. The molecule has 0 aromatic heterocycles. The van der Waals surface area contributed by atoms with E-state index in [-0.39, 0.29) is 11.6 Å². The Balaban J connectivity index is 1.58. The fraction of sp³-hybridized carbons (Fsp3) is 0.231. The predicted molar refractivity (Wildman–Crippen MR) is 115 cm³/mol. The maximum Gasteiger partial charge on any atom is 0.159 e. The van der Waals surface area contributed by atoms with Gasteiger partial charge in [-0.1, -0.05) is 78.4 Å². The van der Waals surface area contributed by atoms with Gasteiger partial charge >= 0.3 is 0 Å². The second-order valence-electron chi connectivity index (χ2n) is 7.28. The number of carbonyl (C=O) groups excluding carboxylic acids is 2. The standard InChI is InChI=1S/C26H26O2/c1-3-7-25-23(15-17-26(25)22-8-5-4-6-9-22)14-16-24(28)18-20-10-12-21(13-11-20)19(2)27/h3-6,8-13,15,17,25H,1,7,14,16,18H2,2H3. The van der Waals surface area contributed by atoms with E-state index in [2.05, 4.69) is 43.0 Å². The Labute approximate surface area is 167 Å². The largest absolute Gasteiger partial charge is 0.299 e. The average molecular weight is 370 g/mol. The van der Waals surface area contributed by atoms with E-state index in [9.17, 15) is 9.59 Å². The molecule has 0 spiro atoms. The normalized spacial score (nSPS) is 15.7. The summed E-state index contributed by atoms with van der Waals surface area (Å²) in [5, 5.41) is 0. The van der Waals surface area contributed by atoms with Gasteiger partial charge in [-0.15, -0.1) is 6.58 Å². The first-order chi connectivity index (χ1) is 13.6. The molecule has 0 saturated carbocycles. The molecule has 1 aliphatic rings. The monoisotopic (exact) mass is 370 g/mol. The second kappa shape index (κ2) is 9.27. The molecule has 28 heavy (non-hydrogen) atoms. The summed E-state index contributed by atoms with van der Waals surface area (Å²) < 4.78 is 0. The number of hydrogen-bond acceptors (Lipinski definition) is 2. The predicted octanol–water partition coefficient (Wildman–Crippen LogP) is 6.00. The zero-order chi connectivity index (χ0) is 19.9. The summed E-state index contributed by atoms with van der Waals surface area (Å²) in [5.74, 6) is 0.575. The van der Waals surface area contributed by atoms with Gasteiger partial charge in [-0.25, -0.2) is 0 Å². The first kappa shape index (κ1) is 19.8. The van der Waals surface area contributed by atoms with Crippen molar-refractivity contribution in [1.82, 2.24) is 0 Å². The van der Waals surface area contributed by atoms with Crippen molar-refractivity contribution in [3.63, 3.8) is 0 Å². The van der Waals surface area contributed by atoms with Crippen LogP contribution in [0.4, 0.5) is 0 Å². The molecular weight excluding hydrogens is 344 g/mol. The summed E-state index contributed by atoms with van der Waals surface area (Å²) in [7, 11) is 0. The number of hydrogen-bond donors (Lipinski definition) is 0. The molecule has 142 valence electrons. The quantitative estimate of drug-likeness (QED) is 0.401. The van der Waals surface area contributed by atoms with Crippen molar-refractivity contribution in [2.45, 2.75) is 32.6 Å². The topological polar surface area (TPSA) is 34.1 Å². The molecule has 2 aromatic carbocycles. The zero-order valence-electron chi connectivity index (χ0n) is 16.4. The van der Waals surface area contributed by atoms with Crippen LogP contribution in [0.15, 0.2) is 85.0 Å². The minimum atomic E-state index is 0.0426. The van der Waals surface area contributed by atoms with E-state index in [1.54, 1.807) is 19.1 Å². The summed E-state index contributed by atoms with van der Waals surface area (Å²) in [4.78, 5) is 23.8. The van der Waals surface area contributed by atoms with E-state index >= 15 is 0 Å². The van der Waals surface area contributed by atoms with E-state index in [4.69, 9.17) is 0 Å². The molecule has 0 aliphatic heterocycles. The van der Waals surface area contributed by atoms with E-state index < -0.39 is 0 Å². The van der Waals surface area contributed by atoms with Crippen LogP contribution in [0.1, 0.15) is 47.7 Å². The molecule has 1 atom stereocenters. The number of rotatable bonds is 9. The molecule has 1 aliphatic carbocycles. The van der Waals surface area contributed by atoms with Crippen LogP contribution < -0.4 is 0 Å². The van der Waals surface area contributed by atoms with E-state index in [1.807, 2.05) is 24.3 Å². The fourth-order valence-electron chi connectivity index (χ4n) is 3.72. The highest BCUT2D eigenvalue weighted by atomic mass is 16.1. The Hall–Kier alpha value is -3.00. The smallest absolute Gasteiger partial charge is 0.159 e. The van der Waals surface area contributed by atoms with Gasteiger partial charge in [0, 0.05) is 24.3 Å². The van der Waals surface area contributed by atoms with Gasteiger partial charge in [0.05, 0.1) is 0 Å². The first-order valence-corrected chi connectivity index (χ1v) is 9.77. The summed E-state index contributed by atoms with van der Waals surface area (Å²) >= 11 is 0. The minimum absolute atomic E-state index is 0.0426. The van der Waals surface area contributed by atoms with Gasteiger partial charge in [0.25, 0.3) is 0 Å². The fourth-order valence-corrected chi connectivity index (χ4v) is 3.72. The van der Waals surface area contributed by atoms with Crippen LogP contribution >= 0.6 is 0 Å². The number of ketones is 2. The third-order valence-corrected chi connectivity index (χ3v) is 5.26. The van der Waals surface area contributed by atoms with Crippen molar-refractivity contribution in [1.29, 1.82) is 0 Å². The van der Waals surface area contributed by atoms with Crippen LogP contribution in [-0.2, 0) is 11.2 Å². The summed E-state index contributed by atoms with van der Waals surface area (Å²) in [6.07, 6.45) is 8.91. The highest BCUT2D eigenvalue weighted by Crippen LogP contribution is 2.38. The molecule has 0 radical (unpaired) electrons. The Kier molecular flexibility index (Phi) is 6.54. The molecule has 0 saturated heterocycles. The van der Waals surface area contributed by atoms with Crippen molar-refractivity contribution in [3.8, 4) is 0 Å². The Morgan fingerprint density at radius 1 is 1.00 bits per heavy atom. The van der Waals surface area contributed by atoms with Crippen LogP contribution in [0.2, 0.25) is 0 Å². The molecule has 1 unspecified atom stereocenters. The molecule has 0 fully saturated rings. The molecule has 0 heterocycles. The van der Waals surface area contributed by atoms with Crippen LogP contribution in [0.5, 0.6) is 0 Å². The van der Waals surface area contributed by atoms with Gasteiger partial charge in [-0.2, -0.15) is 0 Å². The minimum Gasteiger partial charge on any atom is -0.299 e. The molecule has 0 N–H and O–H groups in total. The van der Waals surface area contributed by atoms with Gasteiger partial charge in [0.2, 0.25) is 0 Å². The summed E-state index contributed by atoms with van der Waals surface area (Å²) in [6, 6.07) is 17.7. The van der Waals surface area contributed by atoms with Gasteiger partial charge < -0.3 is 0 Å². The second-order valence-corrected chi connectivity index (χ2v) is 7.28. The van der Waals surface area contributed by atoms with Crippen LogP contribution in [0.3, 0.4) is 0 Å². The molecule has 2 heteroatoms. The first-order valence-electron chi connectivity index (χ1n) is 9.77. The van der Waals surface area contributed by atoms with Crippen LogP contribution in [-0.4, -0.2) is 11.6 Å². The lowest BCUT2D eigenvalue weighted by Gasteiger charge is -2.18. The maximum atomic E-state index is 12.5. The lowest BCUT2D eigenvalue weighted by molar-refractivity contribution is -0.118. The summed E-state index contributed by atoms with van der Waals surface area (Å²) in [5.41, 5.74) is 5.49. The average Bonchev–Trinajstić information content (AvgIpc) is 3.10. The van der Waals surface area contributed by atoms with Gasteiger partial charge in [-0.3, -0.25) is 9.59 Å². The summed E-state index contributed by atoms with van der Waals surface area (Å²) in [6.45, 7) is 5.46. The molecule has 3 rings (SSSR count). The van der Waals surface area contributed by atoms with E-state index in [0.29, 0.717) is 24.3 Å². The highest BCUT2D eigenvalue weighted by Gasteiger charge is 2.23.